The van der Waals surface area contributed by atoms with Gasteiger partial charge in [-0.15, -0.1) is 0 Å². The molecule has 0 radical (unpaired) electrons. The molecule has 0 saturated carbocycles. The van der Waals surface area contributed by atoms with E-state index in [1.165, 1.54) is 5.69 Å². The number of aliphatic imine (C=N–C) groups is 1. The summed E-state index contributed by atoms with van der Waals surface area (Å²) in [4.78, 5) is 32.7. The van der Waals surface area contributed by atoms with E-state index >= 15 is 0 Å². The van der Waals surface area contributed by atoms with E-state index in [-0.39, 0.29) is 11.9 Å². The number of para-hydroxylation sites is 1. The SMILES string of the molecule is CCN1C(=O)c2nc(N3CCN(c4ccccc4)CC3)n(CC3C=CC=CC3)c2N2CC(C(C)C)N=C12. The van der Waals surface area contributed by atoms with E-state index in [9.17, 15) is 4.79 Å². The number of anilines is 3. The predicted octanol–water partition coefficient (Wildman–Crippen LogP) is 4.02. The van der Waals surface area contributed by atoms with Gasteiger partial charge in [-0.05, 0) is 37.3 Å². The summed E-state index contributed by atoms with van der Waals surface area (Å²) in [6, 6.07) is 10.8. The Kier molecular flexibility index (Phi) is 6.26. The molecule has 194 valence electrons. The van der Waals surface area contributed by atoms with Crippen molar-refractivity contribution >= 4 is 29.3 Å². The van der Waals surface area contributed by atoms with Crippen molar-refractivity contribution in [1.82, 2.24) is 14.5 Å². The van der Waals surface area contributed by atoms with Crippen molar-refractivity contribution in [1.29, 1.82) is 0 Å². The summed E-state index contributed by atoms with van der Waals surface area (Å²) in [5.41, 5.74) is 1.83. The van der Waals surface area contributed by atoms with Crippen LogP contribution in [0.4, 0.5) is 17.5 Å². The maximum Gasteiger partial charge on any atom is 0.283 e. The second-order valence-electron chi connectivity index (χ2n) is 10.7. The molecular weight excluding hydrogens is 462 g/mol. The topological polar surface area (TPSA) is 60.2 Å². The van der Waals surface area contributed by atoms with E-state index in [0.717, 1.165) is 63.4 Å². The third-order valence-electron chi connectivity index (χ3n) is 8.01. The van der Waals surface area contributed by atoms with Crippen LogP contribution in [0, 0.1) is 11.8 Å². The number of aromatic nitrogens is 2. The van der Waals surface area contributed by atoms with E-state index in [1.54, 1.807) is 0 Å². The molecule has 1 fully saturated rings. The van der Waals surface area contributed by atoms with Crippen molar-refractivity contribution < 1.29 is 4.79 Å². The molecule has 2 atom stereocenters. The molecule has 1 saturated heterocycles. The van der Waals surface area contributed by atoms with Gasteiger partial charge in [0.05, 0.1) is 12.6 Å². The van der Waals surface area contributed by atoms with Gasteiger partial charge in [-0.1, -0.05) is 56.4 Å². The second-order valence-corrected chi connectivity index (χ2v) is 10.7. The molecule has 0 bridgehead atoms. The lowest BCUT2D eigenvalue weighted by Gasteiger charge is -2.37. The molecule has 2 aromatic rings. The van der Waals surface area contributed by atoms with Gasteiger partial charge in [0.1, 0.15) is 0 Å². The molecule has 1 aliphatic carbocycles. The molecule has 8 heteroatoms. The number of imidazole rings is 1. The van der Waals surface area contributed by atoms with Crippen LogP contribution >= 0.6 is 0 Å². The van der Waals surface area contributed by atoms with Gasteiger partial charge >= 0.3 is 0 Å². The number of amides is 1. The number of carbonyl (C=O) groups excluding carboxylic acids is 1. The minimum Gasteiger partial charge on any atom is -0.368 e. The molecule has 0 N–H and O–H groups in total. The van der Waals surface area contributed by atoms with Crippen molar-refractivity contribution in [3.63, 3.8) is 0 Å². The van der Waals surface area contributed by atoms with Gasteiger partial charge in [-0.25, -0.2) is 9.98 Å². The Balaban J connectivity index is 1.37. The quantitative estimate of drug-likeness (QED) is 0.601. The number of guanidine groups is 1. The Morgan fingerprint density at radius 2 is 1.78 bits per heavy atom. The van der Waals surface area contributed by atoms with Crippen LogP contribution in [0.3, 0.4) is 0 Å². The van der Waals surface area contributed by atoms with Crippen molar-refractivity contribution in [2.75, 3.05) is 54.0 Å². The zero-order valence-electron chi connectivity index (χ0n) is 22.1. The molecule has 8 nitrogen and oxygen atoms in total. The molecule has 3 aliphatic heterocycles. The van der Waals surface area contributed by atoms with Gasteiger partial charge in [0.25, 0.3) is 5.91 Å². The molecular formula is C29H37N7O. The first-order valence-electron chi connectivity index (χ1n) is 13.7. The highest BCUT2D eigenvalue weighted by Crippen LogP contribution is 2.38. The van der Waals surface area contributed by atoms with Crippen LogP contribution < -0.4 is 14.7 Å². The number of benzene rings is 1. The first-order valence-corrected chi connectivity index (χ1v) is 13.7. The van der Waals surface area contributed by atoms with Crippen LogP contribution in [0.25, 0.3) is 0 Å². The second kappa shape index (κ2) is 9.72. The van der Waals surface area contributed by atoms with Crippen LogP contribution in [-0.2, 0) is 6.54 Å². The third-order valence-corrected chi connectivity index (χ3v) is 8.01. The molecule has 1 aromatic carbocycles. The summed E-state index contributed by atoms with van der Waals surface area (Å²) in [6.07, 6.45) is 9.76. The molecule has 6 rings (SSSR count). The van der Waals surface area contributed by atoms with Crippen molar-refractivity contribution in [2.24, 2.45) is 16.8 Å². The monoisotopic (exact) mass is 499 g/mol. The van der Waals surface area contributed by atoms with Crippen molar-refractivity contribution in [3.8, 4) is 0 Å². The number of nitrogens with zero attached hydrogens (tertiary/aromatic N) is 7. The number of rotatable bonds is 6. The number of hydrogen-bond acceptors (Lipinski definition) is 6. The van der Waals surface area contributed by atoms with Gasteiger partial charge in [-0.3, -0.25) is 19.2 Å². The Labute approximate surface area is 219 Å². The third kappa shape index (κ3) is 4.22. The molecule has 0 spiro atoms. The fourth-order valence-corrected chi connectivity index (χ4v) is 5.85. The minimum atomic E-state index is -0.0288. The predicted molar refractivity (Wildman–Crippen MR) is 150 cm³/mol. The maximum absolute atomic E-state index is 13.7. The zero-order valence-corrected chi connectivity index (χ0v) is 22.1. The summed E-state index contributed by atoms with van der Waals surface area (Å²) in [5.74, 6) is 3.39. The summed E-state index contributed by atoms with van der Waals surface area (Å²) < 4.78 is 2.32. The Hall–Kier alpha value is -3.55. The maximum atomic E-state index is 13.7. The highest BCUT2D eigenvalue weighted by molar-refractivity contribution is 6.18. The number of hydrogen-bond donors (Lipinski definition) is 0. The first kappa shape index (κ1) is 23.8. The summed E-state index contributed by atoms with van der Waals surface area (Å²) in [5, 5.41) is 0. The van der Waals surface area contributed by atoms with Gasteiger partial charge in [0.2, 0.25) is 11.9 Å². The number of carbonyl (C=O) groups is 1. The van der Waals surface area contributed by atoms with E-state index in [0.29, 0.717) is 24.1 Å². The lowest BCUT2D eigenvalue weighted by molar-refractivity contribution is 0.0841. The lowest BCUT2D eigenvalue weighted by Crippen LogP contribution is -2.51. The van der Waals surface area contributed by atoms with Gasteiger partial charge in [-0.2, -0.15) is 0 Å². The standard InChI is InChI=1S/C29H37N7O/c1-4-34-27(37)25-26(36-20-24(21(2)3)30-29(34)36)35(19-22-11-7-5-8-12-22)28(31-25)33-17-15-32(16-18-33)23-13-9-6-10-14-23/h5-11,13-14,21-22,24H,4,12,15-20H2,1-3H3. The van der Waals surface area contributed by atoms with Crippen LogP contribution in [0.2, 0.25) is 0 Å². The van der Waals surface area contributed by atoms with E-state index in [4.69, 9.17) is 9.98 Å². The van der Waals surface area contributed by atoms with Crippen molar-refractivity contribution in [3.05, 3.63) is 60.3 Å². The average molecular weight is 500 g/mol. The Morgan fingerprint density at radius 1 is 1.03 bits per heavy atom. The van der Waals surface area contributed by atoms with Crippen LogP contribution in [0.5, 0.6) is 0 Å². The Bertz CT molecular complexity index is 1240. The number of allylic oxidation sites excluding steroid dienone is 4. The molecule has 1 amide bonds. The first-order chi connectivity index (χ1) is 18.0. The highest BCUT2D eigenvalue weighted by Gasteiger charge is 2.44. The number of fused-ring (bicyclic) bond motifs is 3. The smallest absolute Gasteiger partial charge is 0.283 e. The lowest BCUT2D eigenvalue weighted by atomic mass is 10.0. The van der Waals surface area contributed by atoms with Gasteiger partial charge in [0, 0.05) is 45.0 Å². The van der Waals surface area contributed by atoms with Crippen LogP contribution in [-0.4, -0.2) is 71.6 Å². The zero-order chi connectivity index (χ0) is 25.5. The van der Waals surface area contributed by atoms with E-state index in [2.05, 4.69) is 87.8 Å². The largest absolute Gasteiger partial charge is 0.368 e. The van der Waals surface area contributed by atoms with Crippen molar-refractivity contribution in [2.45, 2.75) is 39.8 Å². The highest BCUT2D eigenvalue weighted by atomic mass is 16.2. The summed E-state index contributed by atoms with van der Waals surface area (Å²) >= 11 is 0. The van der Waals surface area contributed by atoms with Gasteiger partial charge in [0.15, 0.2) is 11.5 Å². The Morgan fingerprint density at radius 3 is 2.46 bits per heavy atom. The fourth-order valence-electron chi connectivity index (χ4n) is 5.85. The normalized spacial score (nSPS) is 23.1. The number of piperazine rings is 1. The summed E-state index contributed by atoms with van der Waals surface area (Å²) in [7, 11) is 0. The molecule has 37 heavy (non-hydrogen) atoms. The molecule has 2 unspecified atom stereocenters. The molecule has 1 aromatic heterocycles. The van der Waals surface area contributed by atoms with Gasteiger partial charge < -0.3 is 9.80 Å². The average Bonchev–Trinajstić information content (AvgIpc) is 3.53. The van der Waals surface area contributed by atoms with E-state index < -0.39 is 0 Å². The van der Waals surface area contributed by atoms with Crippen LogP contribution in [0.15, 0.2) is 59.6 Å². The van der Waals surface area contributed by atoms with E-state index in [1.807, 2.05) is 11.8 Å². The van der Waals surface area contributed by atoms with Crippen LogP contribution in [0.1, 0.15) is 37.7 Å². The molecule has 4 aliphatic rings. The fraction of sp³-hybridized carbons (Fsp3) is 0.483. The summed E-state index contributed by atoms with van der Waals surface area (Å²) in [6.45, 7) is 12.2. The minimum absolute atomic E-state index is 0.0288. The molecule has 4 heterocycles.